The highest BCUT2D eigenvalue weighted by atomic mass is 32.2. The summed E-state index contributed by atoms with van der Waals surface area (Å²) in [4.78, 5) is 12.2. The van der Waals surface area contributed by atoms with Gasteiger partial charge in [-0.1, -0.05) is 63.3 Å². The Hall–Kier alpha value is -0.940. The van der Waals surface area contributed by atoms with E-state index in [1.165, 1.54) is 25.0 Å². The van der Waals surface area contributed by atoms with E-state index >= 15 is 0 Å². The number of Topliss-reactive ketones (excluding diaryl/α,β-unsaturated/α-hetero) is 1. The van der Waals surface area contributed by atoms with Crippen molar-refractivity contribution < 1.29 is 17.8 Å². The second-order valence-electron chi connectivity index (χ2n) is 5.30. The van der Waals surface area contributed by atoms with Crippen molar-refractivity contribution in [2.45, 2.75) is 63.0 Å². The zero-order chi connectivity index (χ0) is 15.1. The molecule has 0 fully saturated rings. The second-order valence-corrected chi connectivity index (χ2v) is 6.98. The van der Waals surface area contributed by atoms with Gasteiger partial charge in [0.05, 0.1) is 0 Å². The zero-order valence-corrected chi connectivity index (χ0v) is 12.9. The minimum Gasteiger partial charge on any atom is -0.297 e. The average molecular weight is 300 g/mol. The first-order chi connectivity index (χ1) is 9.44. The van der Waals surface area contributed by atoms with Gasteiger partial charge in [0.1, 0.15) is 0 Å². The Balaban J connectivity index is 2.55. The van der Waals surface area contributed by atoms with Crippen molar-refractivity contribution in [2.75, 3.05) is 0 Å². The summed E-state index contributed by atoms with van der Waals surface area (Å²) in [5.74, 6) is -0.406. The standard InChI is InChI=1S/C15H24O4S/c1-2-3-4-5-6-8-11-14(16)15(20(17,18)19)12-9-7-10-13-15/h7,9-10,12H,2-6,8,11,13H2,1H3,(H,17,18,19). The average Bonchev–Trinajstić information content (AvgIpc) is 2.42. The molecular formula is C15H24O4S. The minimum atomic E-state index is -4.43. The van der Waals surface area contributed by atoms with Crippen molar-refractivity contribution in [3.05, 3.63) is 24.3 Å². The number of hydrogen-bond donors (Lipinski definition) is 1. The molecule has 0 bridgehead atoms. The van der Waals surface area contributed by atoms with Crippen LogP contribution in [0.25, 0.3) is 0 Å². The molecule has 0 amide bonds. The molecule has 1 aliphatic rings. The Morgan fingerprint density at radius 3 is 2.35 bits per heavy atom. The van der Waals surface area contributed by atoms with Crippen LogP contribution in [0.4, 0.5) is 0 Å². The number of allylic oxidation sites excluding steroid dienone is 3. The number of ketones is 1. The van der Waals surface area contributed by atoms with Gasteiger partial charge in [-0.15, -0.1) is 0 Å². The molecule has 0 heterocycles. The predicted molar refractivity (Wildman–Crippen MR) is 80.2 cm³/mol. The fraction of sp³-hybridized carbons (Fsp3) is 0.667. The van der Waals surface area contributed by atoms with Gasteiger partial charge in [0.15, 0.2) is 10.5 Å². The Morgan fingerprint density at radius 1 is 1.15 bits per heavy atom. The van der Waals surface area contributed by atoms with Crippen molar-refractivity contribution in [1.82, 2.24) is 0 Å². The van der Waals surface area contributed by atoms with Gasteiger partial charge in [-0.25, -0.2) is 0 Å². The molecule has 1 unspecified atom stereocenters. The number of carbonyl (C=O) groups excluding carboxylic acids is 1. The summed E-state index contributed by atoms with van der Waals surface area (Å²) in [6, 6.07) is 0. The van der Waals surface area contributed by atoms with E-state index in [2.05, 4.69) is 6.92 Å². The number of unbranched alkanes of at least 4 members (excludes halogenated alkanes) is 5. The summed E-state index contributed by atoms with van der Waals surface area (Å²) < 4.78 is 30.8. The Kier molecular flexibility index (Phi) is 6.62. The lowest BCUT2D eigenvalue weighted by atomic mass is 9.91. The van der Waals surface area contributed by atoms with Crippen LogP contribution in [0.3, 0.4) is 0 Å². The lowest BCUT2D eigenvalue weighted by Crippen LogP contribution is -2.44. The lowest BCUT2D eigenvalue weighted by Gasteiger charge is -2.26. The van der Waals surface area contributed by atoms with Gasteiger partial charge in [-0.05, 0) is 12.8 Å². The van der Waals surface area contributed by atoms with Crippen LogP contribution in [0.15, 0.2) is 24.3 Å². The molecule has 1 aliphatic carbocycles. The maximum atomic E-state index is 12.2. The molecule has 0 aromatic rings. The first-order valence-corrected chi connectivity index (χ1v) is 8.73. The topological polar surface area (TPSA) is 71.4 Å². The first kappa shape index (κ1) is 17.1. The molecule has 0 spiro atoms. The third-order valence-electron chi connectivity index (χ3n) is 3.72. The maximum absolute atomic E-state index is 12.2. The van der Waals surface area contributed by atoms with Gasteiger partial charge < -0.3 is 0 Å². The highest BCUT2D eigenvalue weighted by Crippen LogP contribution is 2.29. The van der Waals surface area contributed by atoms with Gasteiger partial charge >= 0.3 is 0 Å². The fourth-order valence-electron chi connectivity index (χ4n) is 2.42. The van der Waals surface area contributed by atoms with Crippen molar-refractivity contribution in [3.63, 3.8) is 0 Å². The molecule has 0 aromatic carbocycles. The van der Waals surface area contributed by atoms with E-state index in [1.807, 2.05) is 0 Å². The molecule has 5 heteroatoms. The maximum Gasteiger partial charge on any atom is 0.281 e. The quantitative estimate of drug-likeness (QED) is 0.523. The van der Waals surface area contributed by atoms with E-state index < -0.39 is 20.6 Å². The van der Waals surface area contributed by atoms with Crippen LogP contribution >= 0.6 is 0 Å². The summed E-state index contributed by atoms with van der Waals surface area (Å²) >= 11 is 0. The summed E-state index contributed by atoms with van der Waals surface area (Å²) in [7, 11) is -4.43. The van der Waals surface area contributed by atoms with Crippen molar-refractivity contribution in [3.8, 4) is 0 Å². The number of hydrogen-bond acceptors (Lipinski definition) is 3. The normalized spacial score (nSPS) is 22.1. The molecule has 0 saturated heterocycles. The van der Waals surface area contributed by atoms with E-state index in [4.69, 9.17) is 0 Å². The predicted octanol–water partition coefficient (Wildman–Crippen LogP) is 3.45. The molecule has 114 valence electrons. The highest BCUT2D eigenvalue weighted by Gasteiger charge is 2.46. The van der Waals surface area contributed by atoms with Crippen LogP contribution in [0.1, 0.15) is 58.3 Å². The van der Waals surface area contributed by atoms with E-state index in [1.54, 1.807) is 12.2 Å². The van der Waals surface area contributed by atoms with E-state index in [9.17, 15) is 17.8 Å². The van der Waals surface area contributed by atoms with Crippen LogP contribution in [-0.4, -0.2) is 23.5 Å². The molecule has 0 aliphatic heterocycles. The third kappa shape index (κ3) is 4.28. The number of carbonyl (C=O) groups is 1. The van der Waals surface area contributed by atoms with Crippen LogP contribution < -0.4 is 0 Å². The van der Waals surface area contributed by atoms with Gasteiger partial charge in [0, 0.05) is 6.42 Å². The zero-order valence-electron chi connectivity index (χ0n) is 12.0. The molecule has 0 saturated carbocycles. The van der Waals surface area contributed by atoms with Crippen LogP contribution in [0.2, 0.25) is 0 Å². The SMILES string of the molecule is CCCCCCCCC(=O)C1(S(=O)(=O)O)C=CC=CC1. The molecular weight excluding hydrogens is 276 g/mol. The summed E-state index contributed by atoms with van der Waals surface area (Å²) in [6.07, 6.45) is 12.5. The van der Waals surface area contributed by atoms with Gasteiger partial charge in [0.2, 0.25) is 0 Å². The van der Waals surface area contributed by atoms with E-state index in [0.717, 1.165) is 19.3 Å². The third-order valence-corrected chi connectivity index (χ3v) is 5.17. The van der Waals surface area contributed by atoms with E-state index in [-0.39, 0.29) is 12.8 Å². The molecule has 20 heavy (non-hydrogen) atoms. The van der Waals surface area contributed by atoms with Gasteiger partial charge in [0.25, 0.3) is 10.1 Å². The monoisotopic (exact) mass is 300 g/mol. The molecule has 0 aromatic heterocycles. The lowest BCUT2D eigenvalue weighted by molar-refractivity contribution is -0.120. The highest BCUT2D eigenvalue weighted by molar-refractivity contribution is 7.88. The molecule has 1 rings (SSSR count). The molecule has 0 radical (unpaired) electrons. The van der Waals surface area contributed by atoms with Crippen LogP contribution in [0, 0.1) is 0 Å². The van der Waals surface area contributed by atoms with E-state index in [0.29, 0.717) is 6.42 Å². The van der Waals surface area contributed by atoms with Crippen molar-refractivity contribution in [1.29, 1.82) is 0 Å². The number of rotatable bonds is 9. The molecule has 1 atom stereocenters. The van der Waals surface area contributed by atoms with Crippen LogP contribution in [0.5, 0.6) is 0 Å². The largest absolute Gasteiger partial charge is 0.297 e. The van der Waals surface area contributed by atoms with Gasteiger partial charge in [-0.3, -0.25) is 9.35 Å². The Bertz CT molecular complexity index is 476. The fourth-order valence-corrected chi connectivity index (χ4v) is 3.37. The Morgan fingerprint density at radius 2 is 1.80 bits per heavy atom. The first-order valence-electron chi connectivity index (χ1n) is 7.29. The smallest absolute Gasteiger partial charge is 0.281 e. The summed E-state index contributed by atoms with van der Waals surface area (Å²) in [5, 5.41) is 0. The Labute approximate surface area is 121 Å². The minimum absolute atomic E-state index is 0.0248. The van der Waals surface area contributed by atoms with Crippen molar-refractivity contribution in [2.24, 2.45) is 0 Å². The molecule has 1 N–H and O–H groups in total. The van der Waals surface area contributed by atoms with Crippen LogP contribution in [-0.2, 0) is 14.9 Å². The van der Waals surface area contributed by atoms with Crippen molar-refractivity contribution >= 4 is 15.9 Å². The molecule has 4 nitrogen and oxygen atoms in total. The van der Waals surface area contributed by atoms with Gasteiger partial charge in [-0.2, -0.15) is 8.42 Å². The summed E-state index contributed by atoms with van der Waals surface area (Å²) in [6.45, 7) is 2.14. The summed E-state index contributed by atoms with van der Waals surface area (Å²) in [5.41, 5.74) is 0. The second kappa shape index (κ2) is 7.74.